The Bertz CT molecular complexity index is 525. The summed E-state index contributed by atoms with van der Waals surface area (Å²) in [4.78, 5) is 14.0. The van der Waals surface area contributed by atoms with Crippen molar-refractivity contribution in [1.29, 1.82) is 0 Å². The van der Waals surface area contributed by atoms with Crippen LogP contribution >= 0.6 is 0 Å². The molecule has 0 saturated carbocycles. The van der Waals surface area contributed by atoms with Crippen LogP contribution in [0.3, 0.4) is 0 Å². The van der Waals surface area contributed by atoms with Gasteiger partial charge in [0.05, 0.1) is 7.11 Å². The van der Waals surface area contributed by atoms with E-state index in [0.717, 1.165) is 11.3 Å². The van der Waals surface area contributed by atoms with Gasteiger partial charge in [0.15, 0.2) is 6.04 Å². The molecule has 1 atom stereocenters. The summed E-state index contributed by atoms with van der Waals surface area (Å²) >= 11 is 0. The summed E-state index contributed by atoms with van der Waals surface area (Å²) < 4.78 is 4.93. The third-order valence-electron chi connectivity index (χ3n) is 3.09. The number of methoxy groups -OCH3 is 1. The molecule has 0 aliphatic rings. The van der Waals surface area contributed by atoms with Crippen molar-refractivity contribution in [2.45, 2.75) is 6.04 Å². The number of carbonyl (C=O) groups excluding carboxylic acids is 1. The molecule has 0 amide bonds. The number of anilines is 1. The molecule has 0 spiro atoms. The fraction of sp³-hybridized carbons (Fsp3) is 0.188. The van der Waals surface area contributed by atoms with Crippen molar-refractivity contribution >= 4 is 11.7 Å². The lowest BCUT2D eigenvalue weighted by Gasteiger charge is -2.28. The van der Waals surface area contributed by atoms with Crippen LogP contribution in [0.4, 0.5) is 5.69 Å². The molecule has 2 rings (SSSR count). The van der Waals surface area contributed by atoms with Crippen molar-refractivity contribution in [2.75, 3.05) is 19.1 Å². The van der Waals surface area contributed by atoms with Gasteiger partial charge >= 0.3 is 5.97 Å². The molecule has 19 heavy (non-hydrogen) atoms. The number of esters is 1. The van der Waals surface area contributed by atoms with Crippen molar-refractivity contribution in [3.05, 3.63) is 66.2 Å². The van der Waals surface area contributed by atoms with Gasteiger partial charge < -0.3 is 9.64 Å². The van der Waals surface area contributed by atoms with Crippen LogP contribution in [0.25, 0.3) is 0 Å². The van der Waals surface area contributed by atoms with Crippen LogP contribution in [0.5, 0.6) is 0 Å². The fourth-order valence-corrected chi connectivity index (χ4v) is 2.08. The average Bonchev–Trinajstić information content (AvgIpc) is 2.49. The van der Waals surface area contributed by atoms with Gasteiger partial charge in [-0.2, -0.15) is 0 Å². The molecule has 0 radical (unpaired) electrons. The third kappa shape index (κ3) is 2.94. The number of para-hydroxylation sites is 1. The lowest BCUT2D eigenvalue weighted by molar-refractivity contribution is -0.142. The van der Waals surface area contributed by atoms with Gasteiger partial charge in [-0.05, 0) is 17.7 Å². The maximum atomic E-state index is 12.1. The highest BCUT2D eigenvalue weighted by Gasteiger charge is 2.26. The summed E-state index contributed by atoms with van der Waals surface area (Å²) in [5, 5.41) is 0. The number of hydrogen-bond donors (Lipinski definition) is 0. The SMILES string of the molecule is COC(=O)C(c1ccccc1)N(C)c1ccccc1. The number of nitrogens with zero attached hydrogens (tertiary/aromatic N) is 1. The lowest BCUT2D eigenvalue weighted by Crippen LogP contribution is -2.31. The molecule has 0 N–H and O–H groups in total. The van der Waals surface area contributed by atoms with Gasteiger partial charge in [0.25, 0.3) is 0 Å². The zero-order valence-electron chi connectivity index (χ0n) is 11.1. The van der Waals surface area contributed by atoms with E-state index in [2.05, 4.69) is 0 Å². The van der Waals surface area contributed by atoms with Crippen molar-refractivity contribution < 1.29 is 9.53 Å². The van der Waals surface area contributed by atoms with Gasteiger partial charge in [0, 0.05) is 12.7 Å². The first-order valence-electron chi connectivity index (χ1n) is 6.14. The molecule has 1 unspecified atom stereocenters. The van der Waals surface area contributed by atoms with E-state index < -0.39 is 6.04 Å². The van der Waals surface area contributed by atoms with E-state index in [1.807, 2.05) is 72.6 Å². The molecule has 0 aromatic heterocycles. The van der Waals surface area contributed by atoms with E-state index in [1.54, 1.807) is 0 Å². The second-order valence-corrected chi connectivity index (χ2v) is 4.28. The lowest BCUT2D eigenvalue weighted by atomic mass is 10.1. The summed E-state index contributed by atoms with van der Waals surface area (Å²) in [5.74, 6) is -0.266. The largest absolute Gasteiger partial charge is 0.467 e. The molecule has 0 fully saturated rings. The highest BCUT2D eigenvalue weighted by Crippen LogP contribution is 2.26. The zero-order chi connectivity index (χ0) is 13.7. The van der Waals surface area contributed by atoms with Crippen LogP contribution in [0, 0.1) is 0 Å². The number of ether oxygens (including phenoxy) is 1. The van der Waals surface area contributed by atoms with Crippen molar-refractivity contribution in [1.82, 2.24) is 0 Å². The molecular weight excluding hydrogens is 238 g/mol. The second-order valence-electron chi connectivity index (χ2n) is 4.28. The molecular formula is C16H17NO2. The van der Waals surface area contributed by atoms with Gasteiger partial charge in [0.1, 0.15) is 0 Å². The van der Waals surface area contributed by atoms with Crippen molar-refractivity contribution in [2.24, 2.45) is 0 Å². The van der Waals surface area contributed by atoms with Crippen LogP contribution in [-0.2, 0) is 9.53 Å². The first-order chi connectivity index (χ1) is 9.24. The number of hydrogen-bond acceptors (Lipinski definition) is 3. The van der Waals surface area contributed by atoms with Gasteiger partial charge in [-0.15, -0.1) is 0 Å². The summed E-state index contributed by atoms with van der Waals surface area (Å²) in [7, 11) is 3.31. The van der Waals surface area contributed by atoms with Crippen LogP contribution in [0.2, 0.25) is 0 Å². The Morgan fingerprint density at radius 1 is 1.00 bits per heavy atom. The minimum absolute atomic E-state index is 0.266. The van der Waals surface area contributed by atoms with E-state index in [-0.39, 0.29) is 5.97 Å². The molecule has 0 bridgehead atoms. The zero-order valence-corrected chi connectivity index (χ0v) is 11.1. The Kier molecular flexibility index (Phi) is 4.18. The van der Waals surface area contributed by atoms with Crippen LogP contribution < -0.4 is 4.90 Å². The Morgan fingerprint density at radius 3 is 2.05 bits per heavy atom. The molecule has 2 aromatic carbocycles. The molecule has 0 heterocycles. The number of likely N-dealkylation sites (N-methyl/N-ethyl adjacent to an activating group) is 1. The highest BCUT2D eigenvalue weighted by atomic mass is 16.5. The van der Waals surface area contributed by atoms with Crippen molar-refractivity contribution in [3.8, 4) is 0 Å². The first kappa shape index (κ1) is 13.1. The van der Waals surface area contributed by atoms with Crippen LogP contribution in [-0.4, -0.2) is 20.1 Å². The number of carbonyl (C=O) groups is 1. The number of benzene rings is 2. The summed E-state index contributed by atoms with van der Waals surface area (Å²) in [6, 6.07) is 19.0. The topological polar surface area (TPSA) is 29.5 Å². The Balaban J connectivity index is 2.36. The molecule has 0 saturated heterocycles. The quantitative estimate of drug-likeness (QED) is 0.786. The second kappa shape index (κ2) is 6.05. The van der Waals surface area contributed by atoms with Crippen molar-refractivity contribution in [3.63, 3.8) is 0 Å². The summed E-state index contributed by atoms with van der Waals surface area (Å²) in [6.07, 6.45) is 0. The van der Waals surface area contributed by atoms with E-state index >= 15 is 0 Å². The standard InChI is InChI=1S/C16H17NO2/c1-17(14-11-7-4-8-12-14)15(16(18)19-2)13-9-5-3-6-10-13/h3-12,15H,1-2H3. The number of rotatable bonds is 4. The van der Waals surface area contributed by atoms with E-state index in [0.29, 0.717) is 0 Å². The summed E-state index contributed by atoms with van der Waals surface area (Å²) in [6.45, 7) is 0. The Labute approximate surface area is 113 Å². The molecule has 2 aromatic rings. The minimum atomic E-state index is -0.436. The highest BCUT2D eigenvalue weighted by molar-refractivity contribution is 5.81. The maximum absolute atomic E-state index is 12.1. The fourth-order valence-electron chi connectivity index (χ4n) is 2.08. The molecule has 3 heteroatoms. The van der Waals surface area contributed by atoms with E-state index in [1.165, 1.54) is 7.11 Å². The Morgan fingerprint density at radius 2 is 1.53 bits per heavy atom. The average molecular weight is 255 g/mol. The maximum Gasteiger partial charge on any atom is 0.333 e. The monoisotopic (exact) mass is 255 g/mol. The van der Waals surface area contributed by atoms with E-state index in [9.17, 15) is 4.79 Å². The molecule has 98 valence electrons. The molecule has 3 nitrogen and oxygen atoms in total. The minimum Gasteiger partial charge on any atom is -0.467 e. The van der Waals surface area contributed by atoms with Crippen LogP contribution in [0.15, 0.2) is 60.7 Å². The van der Waals surface area contributed by atoms with Gasteiger partial charge in [-0.1, -0.05) is 48.5 Å². The predicted molar refractivity (Wildman–Crippen MR) is 76.0 cm³/mol. The summed E-state index contributed by atoms with van der Waals surface area (Å²) in [5.41, 5.74) is 1.89. The Hall–Kier alpha value is -2.29. The molecule has 0 aliphatic heterocycles. The normalized spacial score (nSPS) is 11.7. The smallest absolute Gasteiger partial charge is 0.333 e. The van der Waals surface area contributed by atoms with Gasteiger partial charge in [0.2, 0.25) is 0 Å². The van der Waals surface area contributed by atoms with Crippen LogP contribution in [0.1, 0.15) is 11.6 Å². The predicted octanol–water partition coefficient (Wildman–Crippen LogP) is 3.04. The van der Waals surface area contributed by atoms with Gasteiger partial charge in [-0.25, -0.2) is 4.79 Å². The third-order valence-corrected chi connectivity index (χ3v) is 3.09. The van der Waals surface area contributed by atoms with E-state index in [4.69, 9.17) is 4.74 Å². The molecule has 0 aliphatic carbocycles. The first-order valence-corrected chi connectivity index (χ1v) is 6.14. The van der Waals surface area contributed by atoms with Gasteiger partial charge in [-0.3, -0.25) is 0 Å².